The minimum absolute atomic E-state index is 0.208. The number of hydrogen-bond acceptors (Lipinski definition) is 4. The lowest BCUT2D eigenvalue weighted by atomic mass is 10.0. The standard InChI is InChI=1S/C25H24BrN3O2S/c1-5-17-8-6-7-14(2)22(17)28-23(30)15(3)29-13-27-24-21(25(29)31)20(16(4)32-24)18-9-11-19(26)12-10-18/h6-13,15H,5H2,1-4H3,(H,28,30). The predicted molar refractivity (Wildman–Crippen MR) is 136 cm³/mol. The van der Waals surface area contributed by atoms with Gasteiger partial charge in [0.2, 0.25) is 5.91 Å². The highest BCUT2D eigenvalue weighted by Crippen LogP contribution is 2.36. The first kappa shape index (κ1) is 22.4. The van der Waals surface area contributed by atoms with E-state index in [1.807, 2.05) is 56.3 Å². The van der Waals surface area contributed by atoms with Crippen LogP contribution in [0.3, 0.4) is 0 Å². The van der Waals surface area contributed by atoms with E-state index in [9.17, 15) is 9.59 Å². The first-order valence-corrected chi connectivity index (χ1v) is 12.1. The molecule has 5 nitrogen and oxygen atoms in total. The van der Waals surface area contributed by atoms with Crippen molar-refractivity contribution in [1.29, 1.82) is 0 Å². The normalized spacial score (nSPS) is 12.2. The van der Waals surface area contributed by atoms with Crippen molar-refractivity contribution in [2.45, 2.75) is 40.2 Å². The second kappa shape index (κ2) is 9.00. The molecule has 0 bridgehead atoms. The summed E-state index contributed by atoms with van der Waals surface area (Å²) in [6, 6.07) is 13.1. The molecule has 1 amide bonds. The minimum Gasteiger partial charge on any atom is -0.324 e. The minimum atomic E-state index is -0.707. The molecule has 2 aromatic heterocycles. The Morgan fingerprint density at radius 3 is 2.59 bits per heavy atom. The molecule has 1 N–H and O–H groups in total. The first-order chi connectivity index (χ1) is 15.3. The van der Waals surface area contributed by atoms with E-state index in [1.165, 1.54) is 22.2 Å². The van der Waals surface area contributed by atoms with Crippen LogP contribution in [0.15, 0.2) is 58.1 Å². The van der Waals surface area contributed by atoms with Crippen molar-refractivity contribution in [3.8, 4) is 11.1 Å². The van der Waals surface area contributed by atoms with Crippen molar-refractivity contribution in [3.63, 3.8) is 0 Å². The number of rotatable bonds is 5. The lowest BCUT2D eigenvalue weighted by Gasteiger charge is -2.18. The average Bonchev–Trinajstić information content (AvgIpc) is 3.12. The van der Waals surface area contributed by atoms with E-state index in [2.05, 4.69) is 33.2 Å². The van der Waals surface area contributed by atoms with Crippen LogP contribution in [0.2, 0.25) is 0 Å². The summed E-state index contributed by atoms with van der Waals surface area (Å²) in [5.41, 5.74) is 4.51. The fourth-order valence-electron chi connectivity index (χ4n) is 3.91. The van der Waals surface area contributed by atoms with Crippen LogP contribution in [0.4, 0.5) is 5.69 Å². The van der Waals surface area contributed by atoms with Gasteiger partial charge in [-0.1, -0.05) is 53.2 Å². The molecular formula is C25H24BrN3O2S. The van der Waals surface area contributed by atoms with Gasteiger partial charge in [0, 0.05) is 20.6 Å². The van der Waals surface area contributed by atoms with Crippen molar-refractivity contribution in [2.24, 2.45) is 0 Å². The third kappa shape index (κ3) is 4.02. The third-order valence-electron chi connectivity index (χ3n) is 5.73. The number of nitrogens with one attached hydrogen (secondary N) is 1. The topological polar surface area (TPSA) is 64.0 Å². The molecule has 4 aromatic rings. The Balaban J connectivity index is 1.76. The number of halogens is 1. The molecule has 0 aliphatic heterocycles. The smallest absolute Gasteiger partial charge is 0.263 e. The number of para-hydroxylation sites is 1. The Bertz CT molecular complexity index is 1370. The Kier molecular flexibility index (Phi) is 6.31. The predicted octanol–water partition coefficient (Wildman–Crippen LogP) is 6.27. The van der Waals surface area contributed by atoms with Crippen LogP contribution in [0.5, 0.6) is 0 Å². The van der Waals surface area contributed by atoms with Gasteiger partial charge < -0.3 is 5.32 Å². The van der Waals surface area contributed by atoms with Crippen molar-refractivity contribution in [3.05, 3.63) is 79.6 Å². The summed E-state index contributed by atoms with van der Waals surface area (Å²) in [6.07, 6.45) is 2.29. The van der Waals surface area contributed by atoms with Crippen LogP contribution in [0.1, 0.15) is 35.9 Å². The summed E-state index contributed by atoms with van der Waals surface area (Å²) in [6.45, 7) is 7.75. The van der Waals surface area contributed by atoms with Gasteiger partial charge in [-0.05, 0) is 56.0 Å². The molecule has 32 heavy (non-hydrogen) atoms. The maximum absolute atomic E-state index is 13.5. The lowest BCUT2D eigenvalue weighted by molar-refractivity contribution is -0.118. The number of thiophene rings is 1. The number of aromatic nitrogens is 2. The molecule has 0 saturated carbocycles. The first-order valence-electron chi connectivity index (χ1n) is 10.5. The molecule has 164 valence electrons. The van der Waals surface area contributed by atoms with Gasteiger partial charge in [0.15, 0.2) is 0 Å². The summed E-state index contributed by atoms with van der Waals surface area (Å²) in [5, 5.41) is 3.59. The van der Waals surface area contributed by atoms with Gasteiger partial charge in [-0.15, -0.1) is 11.3 Å². The number of carbonyl (C=O) groups excluding carboxylic acids is 1. The summed E-state index contributed by atoms with van der Waals surface area (Å²) >= 11 is 4.95. The zero-order chi connectivity index (χ0) is 23.0. The monoisotopic (exact) mass is 509 g/mol. The maximum atomic E-state index is 13.5. The van der Waals surface area contributed by atoms with E-state index < -0.39 is 6.04 Å². The number of aryl methyl sites for hydroxylation is 3. The fourth-order valence-corrected chi connectivity index (χ4v) is 5.18. The van der Waals surface area contributed by atoms with Gasteiger partial charge in [0.25, 0.3) is 5.56 Å². The van der Waals surface area contributed by atoms with E-state index in [-0.39, 0.29) is 11.5 Å². The molecule has 0 aliphatic carbocycles. The van der Waals surface area contributed by atoms with Crippen LogP contribution in [0.25, 0.3) is 21.3 Å². The van der Waals surface area contributed by atoms with Gasteiger partial charge in [-0.3, -0.25) is 14.2 Å². The number of carbonyl (C=O) groups is 1. The highest BCUT2D eigenvalue weighted by molar-refractivity contribution is 9.10. The molecule has 2 heterocycles. The highest BCUT2D eigenvalue weighted by atomic mass is 79.9. The van der Waals surface area contributed by atoms with E-state index in [0.29, 0.717) is 10.2 Å². The number of nitrogens with zero attached hydrogens (tertiary/aromatic N) is 2. The number of anilines is 1. The largest absolute Gasteiger partial charge is 0.324 e. The van der Waals surface area contributed by atoms with E-state index in [0.717, 1.165) is 43.7 Å². The second-order valence-corrected chi connectivity index (χ2v) is 9.92. The Morgan fingerprint density at radius 2 is 1.91 bits per heavy atom. The molecule has 0 spiro atoms. The Hall–Kier alpha value is -2.77. The summed E-state index contributed by atoms with van der Waals surface area (Å²) in [7, 11) is 0. The van der Waals surface area contributed by atoms with Crippen LogP contribution < -0.4 is 10.9 Å². The van der Waals surface area contributed by atoms with Gasteiger partial charge in [-0.25, -0.2) is 4.98 Å². The molecule has 1 unspecified atom stereocenters. The molecule has 2 aromatic carbocycles. The molecule has 1 atom stereocenters. The lowest BCUT2D eigenvalue weighted by Crippen LogP contribution is -2.32. The number of benzene rings is 2. The van der Waals surface area contributed by atoms with Crippen LogP contribution >= 0.6 is 27.3 Å². The zero-order valence-electron chi connectivity index (χ0n) is 18.4. The van der Waals surface area contributed by atoms with Crippen molar-refractivity contribution < 1.29 is 4.79 Å². The second-order valence-electron chi connectivity index (χ2n) is 7.81. The summed E-state index contributed by atoms with van der Waals surface area (Å²) in [5.74, 6) is -0.241. The quantitative estimate of drug-likeness (QED) is 0.344. The van der Waals surface area contributed by atoms with Crippen LogP contribution in [-0.2, 0) is 11.2 Å². The van der Waals surface area contributed by atoms with E-state index >= 15 is 0 Å². The van der Waals surface area contributed by atoms with Crippen molar-refractivity contribution in [2.75, 3.05) is 5.32 Å². The van der Waals surface area contributed by atoms with Gasteiger partial charge in [0.1, 0.15) is 10.9 Å². The van der Waals surface area contributed by atoms with E-state index in [1.54, 1.807) is 6.92 Å². The van der Waals surface area contributed by atoms with Gasteiger partial charge >= 0.3 is 0 Å². The maximum Gasteiger partial charge on any atom is 0.263 e. The van der Waals surface area contributed by atoms with Gasteiger partial charge in [0.05, 0.1) is 11.7 Å². The van der Waals surface area contributed by atoms with Crippen molar-refractivity contribution >= 4 is 49.1 Å². The fraction of sp³-hybridized carbons (Fsp3) is 0.240. The highest BCUT2D eigenvalue weighted by Gasteiger charge is 2.22. The van der Waals surface area contributed by atoms with Gasteiger partial charge in [-0.2, -0.15) is 0 Å². The number of amides is 1. The molecule has 0 radical (unpaired) electrons. The molecule has 7 heteroatoms. The Morgan fingerprint density at radius 1 is 1.19 bits per heavy atom. The van der Waals surface area contributed by atoms with Crippen LogP contribution in [-0.4, -0.2) is 15.5 Å². The average molecular weight is 510 g/mol. The molecular weight excluding hydrogens is 486 g/mol. The van der Waals surface area contributed by atoms with E-state index in [4.69, 9.17) is 0 Å². The summed E-state index contributed by atoms with van der Waals surface area (Å²) < 4.78 is 2.40. The Labute approximate surface area is 199 Å². The van der Waals surface area contributed by atoms with Crippen molar-refractivity contribution in [1.82, 2.24) is 9.55 Å². The molecule has 0 fully saturated rings. The molecule has 0 aliphatic rings. The van der Waals surface area contributed by atoms with Crippen LogP contribution in [0, 0.1) is 13.8 Å². The molecule has 4 rings (SSSR count). The SMILES string of the molecule is CCc1cccc(C)c1NC(=O)C(C)n1cnc2sc(C)c(-c3ccc(Br)cc3)c2c1=O. The number of fused-ring (bicyclic) bond motifs is 1. The third-order valence-corrected chi connectivity index (χ3v) is 7.27. The number of hydrogen-bond donors (Lipinski definition) is 1. The zero-order valence-corrected chi connectivity index (χ0v) is 20.8. The summed E-state index contributed by atoms with van der Waals surface area (Å²) in [4.78, 5) is 32.9. The molecule has 0 saturated heterocycles.